The minimum absolute atomic E-state index is 0.0469. The van der Waals surface area contributed by atoms with Crippen molar-refractivity contribution in [3.05, 3.63) is 0 Å². The van der Waals surface area contributed by atoms with Gasteiger partial charge in [-0.05, 0) is 58.4 Å². The van der Waals surface area contributed by atoms with Crippen LogP contribution < -0.4 is 5.32 Å². The molecule has 142 valence electrons. The summed E-state index contributed by atoms with van der Waals surface area (Å²) in [4.78, 5) is 26.1. The van der Waals surface area contributed by atoms with Crippen molar-refractivity contribution >= 4 is 12.1 Å². The number of hydrogen-bond donors (Lipinski definition) is 1. The van der Waals surface area contributed by atoms with E-state index in [4.69, 9.17) is 9.47 Å². The molecule has 6 heteroatoms. The Morgan fingerprint density at radius 1 is 1.24 bits per heavy atom. The standard InChI is InChI=1S/C19H32N2O4/c1-3-24-18(22)8-6-9-20-19(23)25-17-12-14-11-15(17)16-7-4-5-10-21(16)13(14)2/h13-17H,3-12H2,1-2H3,(H,20,23)/t13-,14?,15?,16+,17?/m0/s1. The SMILES string of the molecule is CCOC(=O)CCCNC(=O)OC1CC2CC1[C@H]1CCCCN1[C@H]2C. The number of nitrogens with one attached hydrogen (secondary N) is 1. The van der Waals surface area contributed by atoms with Gasteiger partial charge in [-0.1, -0.05) is 6.42 Å². The van der Waals surface area contributed by atoms with Crippen molar-refractivity contribution in [1.82, 2.24) is 10.2 Å². The number of ether oxygens (including phenoxy) is 2. The zero-order valence-electron chi connectivity index (χ0n) is 15.5. The maximum atomic E-state index is 12.1. The van der Waals surface area contributed by atoms with Crippen LogP contribution in [0.1, 0.15) is 58.8 Å². The van der Waals surface area contributed by atoms with Gasteiger partial charge in [-0.25, -0.2) is 4.79 Å². The smallest absolute Gasteiger partial charge is 0.407 e. The van der Waals surface area contributed by atoms with Crippen LogP contribution in [0, 0.1) is 11.8 Å². The van der Waals surface area contributed by atoms with Gasteiger partial charge in [0.25, 0.3) is 0 Å². The van der Waals surface area contributed by atoms with Crippen LogP contribution in [0.15, 0.2) is 0 Å². The first-order chi connectivity index (χ1) is 12.1. The van der Waals surface area contributed by atoms with Gasteiger partial charge < -0.3 is 14.8 Å². The average Bonchev–Trinajstić information content (AvgIpc) is 2.97. The molecule has 0 spiro atoms. The molecule has 6 nitrogen and oxygen atoms in total. The number of rotatable bonds is 6. The molecule has 3 unspecified atom stereocenters. The molecule has 2 aliphatic heterocycles. The van der Waals surface area contributed by atoms with Crippen molar-refractivity contribution in [3.8, 4) is 0 Å². The van der Waals surface area contributed by atoms with Crippen molar-refractivity contribution < 1.29 is 19.1 Å². The van der Waals surface area contributed by atoms with Gasteiger partial charge in [0.05, 0.1) is 6.61 Å². The van der Waals surface area contributed by atoms with E-state index in [2.05, 4.69) is 17.1 Å². The number of hydrogen-bond acceptors (Lipinski definition) is 5. The summed E-state index contributed by atoms with van der Waals surface area (Å²) in [5.41, 5.74) is 0. The van der Waals surface area contributed by atoms with Crippen LogP contribution in [0.4, 0.5) is 4.79 Å². The molecule has 0 aromatic rings. The van der Waals surface area contributed by atoms with Crippen LogP contribution in [0.2, 0.25) is 0 Å². The fourth-order valence-electron chi connectivity index (χ4n) is 5.06. The van der Waals surface area contributed by atoms with E-state index in [1.54, 1.807) is 6.92 Å². The molecule has 1 saturated carbocycles. The first-order valence-corrected chi connectivity index (χ1v) is 9.96. The van der Waals surface area contributed by atoms with Gasteiger partial charge in [0.15, 0.2) is 0 Å². The van der Waals surface area contributed by atoms with E-state index in [9.17, 15) is 9.59 Å². The summed E-state index contributed by atoms with van der Waals surface area (Å²) in [6, 6.07) is 1.20. The molecule has 0 aromatic carbocycles. The van der Waals surface area contributed by atoms with E-state index in [-0.39, 0.29) is 18.2 Å². The molecule has 3 fully saturated rings. The lowest BCUT2D eigenvalue weighted by atomic mass is 9.81. The Bertz CT molecular complexity index is 484. The molecule has 3 aliphatic rings. The average molecular weight is 352 g/mol. The number of carbonyl (C=O) groups is 2. The number of alkyl carbamates (subject to hydrolysis) is 1. The Morgan fingerprint density at radius 3 is 2.88 bits per heavy atom. The Hall–Kier alpha value is -1.30. The van der Waals surface area contributed by atoms with Gasteiger partial charge in [-0.2, -0.15) is 0 Å². The van der Waals surface area contributed by atoms with Crippen LogP contribution in [0.25, 0.3) is 0 Å². The quantitative estimate of drug-likeness (QED) is 0.588. The minimum Gasteiger partial charge on any atom is -0.466 e. The summed E-state index contributed by atoms with van der Waals surface area (Å²) in [6.07, 6.45) is 6.65. The predicted molar refractivity (Wildman–Crippen MR) is 94.2 cm³/mol. The summed E-state index contributed by atoms with van der Waals surface area (Å²) in [5, 5.41) is 2.79. The van der Waals surface area contributed by atoms with Gasteiger partial charge >= 0.3 is 12.1 Å². The number of amides is 1. The van der Waals surface area contributed by atoms with Crippen molar-refractivity contribution in [2.45, 2.75) is 77.0 Å². The molecule has 1 aliphatic carbocycles. The number of nitrogens with zero attached hydrogens (tertiary/aromatic N) is 1. The van der Waals surface area contributed by atoms with E-state index in [0.717, 1.165) is 6.42 Å². The second-order valence-electron chi connectivity index (χ2n) is 7.72. The van der Waals surface area contributed by atoms with Crippen LogP contribution in [-0.4, -0.2) is 54.8 Å². The number of carbonyl (C=O) groups excluding carboxylic acids is 2. The minimum atomic E-state index is -0.337. The van der Waals surface area contributed by atoms with Crippen molar-refractivity contribution in [1.29, 1.82) is 0 Å². The molecule has 5 atom stereocenters. The monoisotopic (exact) mass is 352 g/mol. The molecular weight excluding hydrogens is 320 g/mol. The van der Waals surface area contributed by atoms with Crippen molar-refractivity contribution in [2.24, 2.45) is 11.8 Å². The van der Waals surface area contributed by atoms with Gasteiger partial charge in [-0.3, -0.25) is 9.69 Å². The van der Waals surface area contributed by atoms with Gasteiger partial charge in [0.1, 0.15) is 6.10 Å². The molecule has 3 rings (SSSR count). The highest BCUT2D eigenvalue weighted by Gasteiger charge is 2.51. The lowest BCUT2D eigenvalue weighted by Gasteiger charge is -2.47. The lowest BCUT2D eigenvalue weighted by molar-refractivity contribution is -0.143. The summed E-state index contributed by atoms with van der Waals surface area (Å²) >= 11 is 0. The predicted octanol–water partition coefficient (Wildman–Crippen LogP) is 2.71. The van der Waals surface area contributed by atoms with E-state index < -0.39 is 0 Å². The van der Waals surface area contributed by atoms with Crippen molar-refractivity contribution in [2.75, 3.05) is 19.7 Å². The maximum absolute atomic E-state index is 12.1. The first-order valence-electron chi connectivity index (χ1n) is 9.96. The van der Waals surface area contributed by atoms with Crippen LogP contribution in [0.5, 0.6) is 0 Å². The van der Waals surface area contributed by atoms with Gasteiger partial charge in [0.2, 0.25) is 0 Å². The Labute approximate surface area is 150 Å². The normalized spacial score (nSPS) is 34.2. The highest BCUT2D eigenvalue weighted by molar-refractivity contribution is 5.70. The molecule has 0 aromatic heterocycles. The van der Waals surface area contributed by atoms with E-state index in [0.29, 0.717) is 49.9 Å². The van der Waals surface area contributed by atoms with Crippen LogP contribution in [0.3, 0.4) is 0 Å². The second-order valence-corrected chi connectivity index (χ2v) is 7.72. The van der Waals surface area contributed by atoms with Gasteiger partial charge in [-0.15, -0.1) is 0 Å². The summed E-state index contributed by atoms with van der Waals surface area (Å²) in [6.45, 7) is 6.18. The molecule has 2 heterocycles. The zero-order chi connectivity index (χ0) is 17.8. The summed E-state index contributed by atoms with van der Waals surface area (Å²) in [5.74, 6) is 0.932. The van der Waals surface area contributed by atoms with E-state index in [1.807, 2.05) is 0 Å². The molecular formula is C19H32N2O4. The summed E-state index contributed by atoms with van der Waals surface area (Å²) in [7, 11) is 0. The lowest BCUT2D eigenvalue weighted by Crippen LogP contribution is -2.54. The number of esters is 1. The zero-order valence-corrected chi connectivity index (χ0v) is 15.5. The first kappa shape index (κ1) is 18.5. The van der Waals surface area contributed by atoms with Crippen molar-refractivity contribution in [3.63, 3.8) is 0 Å². The van der Waals surface area contributed by atoms with Gasteiger partial charge in [0, 0.05) is 31.0 Å². The third-order valence-electron chi connectivity index (χ3n) is 6.27. The molecule has 1 amide bonds. The summed E-state index contributed by atoms with van der Waals surface area (Å²) < 4.78 is 10.7. The maximum Gasteiger partial charge on any atom is 0.407 e. The molecule has 1 N–H and O–H groups in total. The van der Waals surface area contributed by atoms with E-state index >= 15 is 0 Å². The largest absolute Gasteiger partial charge is 0.466 e. The van der Waals surface area contributed by atoms with E-state index in [1.165, 1.54) is 32.2 Å². The Morgan fingerprint density at radius 2 is 2.08 bits per heavy atom. The highest BCUT2D eigenvalue weighted by Crippen LogP contribution is 2.47. The van der Waals surface area contributed by atoms with Crippen LogP contribution in [-0.2, 0) is 14.3 Å². The Kier molecular flexibility index (Phi) is 6.20. The Balaban J connectivity index is 1.44. The second kappa shape index (κ2) is 8.39. The number of fused-ring (bicyclic) bond motifs is 4. The fraction of sp³-hybridized carbons (Fsp3) is 0.895. The molecule has 2 saturated heterocycles. The third kappa shape index (κ3) is 4.27. The third-order valence-corrected chi connectivity index (χ3v) is 6.27. The fourth-order valence-corrected chi connectivity index (χ4v) is 5.06. The highest BCUT2D eigenvalue weighted by atomic mass is 16.6. The van der Waals surface area contributed by atoms with Crippen LogP contribution >= 0.6 is 0 Å². The number of piperidine rings is 2. The molecule has 25 heavy (non-hydrogen) atoms. The topological polar surface area (TPSA) is 67.9 Å². The molecule has 2 bridgehead atoms. The molecule has 0 radical (unpaired) electrons.